The maximum absolute atomic E-state index is 11.9. The summed E-state index contributed by atoms with van der Waals surface area (Å²) in [7, 11) is -1.26. The summed E-state index contributed by atoms with van der Waals surface area (Å²) in [5.74, 6) is -0.331. The topological polar surface area (TPSA) is 146 Å². The molecule has 3 rings (SSSR count). The molecule has 0 aliphatic heterocycles. The van der Waals surface area contributed by atoms with Crippen LogP contribution < -0.4 is 16.4 Å². The standard InChI is InChI=1S/C19H24BrN6O5P.C2H6/c1-2-30-15(27)9-23-32(31-10-13-4-3-5-14(20)8-13)12-29-7-6-26-11-22-16-17(26)24-19(21)25-18(16)28;1-2/h3-5,8,11,23H,2,6-7,9-10,12H2,1H3,(H3,21,24,25,28);1-2H3. The number of anilines is 1. The molecule has 2 heterocycles. The van der Waals surface area contributed by atoms with Gasteiger partial charge in [0, 0.05) is 11.0 Å². The number of carbonyl (C=O) groups is 1. The summed E-state index contributed by atoms with van der Waals surface area (Å²) in [6, 6.07) is 7.78. The smallest absolute Gasteiger partial charge is 0.320 e. The molecule has 0 saturated heterocycles. The first-order valence-corrected chi connectivity index (χ1v) is 13.0. The SMILES string of the molecule is CC.CCOC(=O)CNP(COCCn1cnc2c(=O)[nH]c(N)nc21)OCc1cccc(Br)c1. The van der Waals surface area contributed by atoms with Crippen molar-refractivity contribution in [2.45, 2.75) is 33.9 Å². The van der Waals surface area contributed by atoms with Gasteiger partial charge in [-0.15, -0.1) is 0 Å². The van der Waals surface area contributed by atoms with Gasteiger partial charge in [-0.25, -0.2) is 4.98 Å². The van der Waals surface area contributed by atoms with Crippen LogP contribution in [0.1, 0.15) is 26.3 Å². The largest absolute Gasteiger partial charge is 0.465 e. The first-order chi connectivity index (χ1) is 16.5. The summed E-state index contributed by atoms with van der Waals surface area (Å²) >= 11 is 3.44. The minimum atomic E-state index is -1.26. The second kappa shape index (κ2) is 14.8. The molecular weight excluding hydrogens is 527 g/mol. The lowest BCUT2D eigenvalue weighted by Gasteiger charge is -2.19. The van der Waals surface area contributed by atoms with E-state index in [1.807, 2.05) is 38.1 Å². The molecule has 3 aromatic rings. The van der Waals surface area contributed by atoms with Crippen LogP contribution >= 0.6 is 24.2 Å². The van der Waals surface area contributed by atoms with Gasteiger partial charge in [-0.1, -0.05) is 41.9 Å². The third kappa shape index (κ3) is 8.77. The molecule has 0 bridgehead atoms. The third-order valence-electron chi connectivity index (χ3n) is 4.16. The highest BCUT2D eigenvalue weighted by atomic mass is 79.9. The summed E-state index contributed by atoms with van der Waals surface area (Å²) in [4.78, 5) is 34.2. The van der Waals surface area contributed by atoms with E-state index in [2.05, 4.69) is 36.0 Å². The van der Waals surface area contributed by atoms with Crippen molar-refractivity contribution in [1.29, 1.82) is 0 Å². The number of rotatable bonds is 12. The first kappa shape index (κ1) is 27.9. The van der Waals surface area contributed by atoms with Crippen LogP contribution in [0.15, 0.2) is 39.9 Å². The molecule has 1 aromatic carbocycles. The van der Waals surface area contributed by atoms with Crippen molar-refractivity contribution >= 4 is 47.3 Å². The van der Waals surface area contributed by atoms with Crippen molar-refractivity contribution in [3.05, 3.63) is 51.0 Å². The van der Waals surface area contributed by atoms with Crippen LogP contribution in [-0.2, 0) is 31.9 Å². The van der Waals surface area contributed by atoms with E-state index in [-0.39, 0.29) is 35.9 Å². The summed E-state index contributed by atoms with van der Waals surface area (Å²) < 4.78 is 19.3. The van der Waals surface area contributed by atoms with E-state index < -0.39 is 8.30 Å². The highest BCUT2D eigenvalue weighted by Gasteiger charge is 2.14. The van der Waals surface area contributed by atoms with E-state index >= 15 is 0 Å². The van der Waals surface area contributed by atoms with Crippen LogP contribution in [0.4, 0.5) is 5.95 Å². The molecule has 13 heteroatoms. The number of nitrogen functional groups attached to an aromatic ring is 1. The molecule has 4 N–H and O–H groups in total. The van der Waals surface area contributed by atoms with Crippen molar-refractivity contribution in [3.63, 3.8) is 0 Å². The number of esters is 1. The third-order valence-corrected chi connectivity index (χ3v) is 6.02. The van der Waals surface area contributed by atoms with Crippen LogP contribution in [-0.4, -0.2) is 51.6 Å². The maximum Gasteiger partial charge on any atom is 0.320 e. The van der Waals surface area contributed by atoms with Gasteiger partial charge in [0.15, 0.2) is 11.2 Å². The fourth-order valence-electron chi connectivity index (χ4n) is 2.72. The molecule has 11 nitrogen and oxygen atoms in total. The van der Waals surface area contributed by atoms with Gasteiger partial charge in [-0.3, -0.25) is 19.7 Å². The van der Waals surface area contributed by atoms with Crippen LogP contribution in [0.3, 0.4) is 0 Å². The number of benzene rings is 1. The number of aromatic nitrogens is 4. The number of nitrogens with two attached hydrogens (primary N) is 1. The Morgan fingerprint density at radius 3 is 2.88 bits per heavy atom. The van der Waals surface area contributed by atoms with Crippen molar-refractivity contribution in [2.24, 2.45) is 0 Å². The minimum absolute atomic E-state index is 0.0257. The quantitative estimate of drug-likeness (QED) is 0.174. The predicted molar refractivity (Wildman–Crippen MR) is 135 cm³/mol. The molecular formula is C21H30BrN6O5P. The van der Waals surface area contributed by atoms with E-state index in [0.717, 1.165) is 10.0 Å². The van der Waals surface area contributed by atoms with Crippen LogP contribution in [0.2, 0.25) is 0 Å². The average Bonchev–Trinajstić information content (AvgIpc) is 3.22. The lowest BCUT2D eigenvalue weighted by Crippen LogP contribution is -2.23. The van der Waals surface area contributed by atoms with Crippen LogP contribution in [0.5, 0.6) is 0 Å². The van der Waals surface area contributed by atoms with Crippen LogP contribution in [0.25, 0.3) is 11.2 Å². The molecule has 0 spiro atoms. The molecule has 1 unspecified atom stereocenters. The second-order valence-electron chi connectivity index (χ2n) is 6.52. The number of fused-ring (bicyclic) bond motifs is 1. The lowest BCUT2D eigenvalue weighted by atomic mass is 10.2. The maximum atomic E-state index is 11.9. The number of ether oxygens (including phenoxy) is 2. The molecule has 0 radical (unpaired) electrons. The molecule has 0 saturated carbocycles. The van der Waals surface area contributed by atoms with Crippen molar-refractivity contribution in [2.75, 3.05) is 31.8 Å². The number of carbonyl (C=O) groups excluding carboxylic acids is 1. The summed E-state index contributed by atoms with van der Waals surface area (Å²) in [5.41, 5.74) is 6.83. The lowest BCUT2D eigenvalue weighted by molar-refractivity contribution is -0.141. The van der Waals surface area contributed by atoms with Gasteiger partial charge in [0.2, 0.25) is 5.95 Å². The fourth-order valence-corrected chi connectivity index (χ4v) is 4.33. The zero-order valence-electron chi connectivity index (χ0n) is 19.4. The minimum Gasteiger partial charge on any atom is -0.465 e. The van der Waals surface area contributed by atoms with Crippen molar-refractivity contribution in [1.82, 2.24) is 24.6 Å². The molecule has 34 heavy (non-hydrogen) atoms. The van der Waals surface area contributed by atoms with Crippen molar-refractivity contribution in [3.8, 4) is 0 Å². The highest BCUT2D eigenvalue weighted by molar-refractivity contribution is 9.10. The number of hydrogen-bond donors (Lipinski definition) is 3. The van der Waals surface area contributed by atoms with Gasteiger partial charge in [0.1, 0.15) is 14.6 Å². The summed E-state index contributed by atoms with van der Waals surface area (Å²) in [6.45, 7) is 7.19. The zero-order chi connectivity index (χ0) is 24.9. The molecule has 0 aliphatic carbocycles. The van der Waals surface area contributed by atoms with Gasteiger partial charge < -0.3 is 24.3 Å². The Bertz CT molecular complexity index is 1110. The highest BCUT2D eigenvalue weighted by Crippen LogP contribution is 2.33. The monoisotopic (exact) mass is 556 g/mol. The number of hydrogen-bond acceptors (Lipinski definition) is 9. The normalized spacial score (nSPS) is 11.6. The van der Waals surface area contributed by atoms with Crippen LogP contribution in [0, 0.1) is 0 Å². The Hall–Kier alpha value is -2.37. The van der Waals surface area contributed by atoms with Gasteiger partial charge in [-0.05, 0) is 24.6 Å². The van der Waals surface area contributed by atoms with E-state index in [9.17, 15) is 9.59 Å². The number of nitrogens with one attached hydrogen (secondary N) is 2. The fraction of sp³-hybridized carbons (Fsp3) is 0.429. The van der Waals surface area contributed by atoms with Gasteiger partial charge in [-0.2, -0.15) is 4.98 Å². The Balaban J connectivity index is 0.00000199. The second-order valence-corrected chi connectivity index (χ2v) is 9.03. The van der Waals surface area contributed by atoms with Gasteiger partial charge in [0.05, 0.1) is 32.7 Å². The Morgan fingerprint density at radius 2 is 2.15 bits per heavy atom. The number of aromatic amines is 1. The molecule has 0 aliphatic rings. The summed E-state index contributed by atoms with van der Waals surface area (Å²) in [6.07, 6.45) is 1.77. The molecule has 2 aromatic heterocycles. The predicted octanol–water partition coefficient (Wildman–Crippen LogP) is 3.15. The number of H-pyrrole nitrogens is 1. The van der Waals surface area contributed by atoms with E-state index in [1.165, 1.54) is 6.33 Å². The van der Waals surface area contributed by atoms with E-state index in [4.69, 9.17) is 19.7 Å². The molecule has 1 atom stereocenters. The number of imidazole rings is 1. The molecule has 0 amide bonds. The van der Waals surface area contributed by atoms with E-state index in [0.29, 0.717) is 32.0 Å². The Kier molecular flexibility index (Phi) is 12.1. The zero-order valence-corrected chi connectivity index (χ0v) is 21.9. The molecule has 186 valence electrons. The number of halogens is 1. The number of nitrogens with zero attached hydrogens (tertiary/aromatic N) is 3. The Morgan fingerprint density at radius 1 is 1.35 bits per heavy atom. The van der Waals surface area contributed by atoms with E-state index in [1.54, 1.807) is 11.5 Å². The van der Waals surface area contributed by atoms with Crippen molar-refractivity contribution < 1.29 is 18.8 Å². The van der Waals surface area contributed by atoms with Gasteiger partial charge >= 0.3 is 5.97 Å². The van der Waals surface area contributed by atoms with Gasteiger partial charge in [0.25, 0.3) is 5.56 Å². The molecule has 0 fully saturated rings. The average molecular weight is 557 g/mol. The first-order valence-electron chi connectivity index (χ1n) is 10.8. The summed E-state index contributed by atoms with van der Waals surface area (Å²) in [5, 5.41) is 3.07. The Labute approximate surface area is 207 Å².